The van der Waals surface area contributed by atoms with E-state index < -0.39 is 0 Å². The number of anilines is 1. The quantitative estimate of drug-likeness (QED) is 0.884. The second kappa shape index (κ2) is 5.67. The first-order valence-electron chi connectivity index (χ1n) is 6.51. The highest BCUT2D eigenvalue weighted by atomic mass is 19.1. The smallest absolute Gasteiger partial charge is 0.146 e. The molecule has 1 aliphatic rings. The molecule has 1 fully saturated rings. The van der Waals surface area contributed by atoms with Crippen LogP contribution < -0.4 is 10.2 Å². The summed E-state index contributed by atoms with van der Waals surface area (Å²) in [5.74, 6) is -0.156. The van der Waals surface area contributed by atoms with Gasteiger partial charge in [-0.25, -0.2) is 4.39 Å². The van der Waals surface area contributed by atoms with Crippen molar-refractivity contribution in [1.29, 1.82) is 0 Å². The summed E-state index contributed by atoms with van der Waals surface area (Å²) in [4.78, 5) is 4.26. The fourth-order valence-corrected chi connectivity index (χ4v) is 2.41. The SMILES string of the molecule is CC(c1ccc(F)c(N(C)C)c1)N1CCNCC1. The lowest BCUT2D eigenvalue weighted by Gasteiger charge is -2.33. The van der Waals surface area contributed by atoms with Crippen molar-refractivity contribution in [3.05, 3.63) is 29.6 Å². The molecule has 1 aliphatic heterocycles. The summed E-state index contributed by atoms with van der Waals surface area (Å²) in [5.41, 5.74) is 1.84. The van der Waals surface area contributed by atoms with Crippen molar-refractivity contribution in [2.45, 2.75) is 13.0 Å². The Morgan fingerprint density at radius 1 is 1.28 bits per heavy atom. The molecule has 0 bridgehead atoms. The lowest BCUT2D eigenvalue weighted by atomic mass is 10.0. The lowest BCUT2D eigenvalue weighted by molar-refractivity contribution is 0.185. The molecule has 3 nitrogen and oxygen atoms in total. The molecule has 4 heteroatoms. The summed E-state index contributed by atoms with van der Waals surface area (Å²) in [5, 5.41) is 3.35. The first kappa shape index (κ1) is 13.3. The van der Waals surface area contributed by atoms with Crippen molar-refractivity contribution < 1.29 is 4.39 Å². The van der Waals surface area contributed by atoms with Crippen LogP contribution in [0.15, 0.2) is 18.2 Å². The average molecular weight is 251 g/mol. The summed E-state index contributed by atoms with van der Waals surface area (Å²) in [7, 11) is 3.75. The van der Waals surface area contributed by atoms with Gasteiger partial charge in [-0.2, -0.15) is 0 Å². The Labute approximate surface area is 109 Å². The van der Waals surface area contributed by atoms with Crippen molar-refractivity contribution in [3.8, 4) is 0 Å². The van der Waals surface area contributed by atoms with Gasteiger partial charge in [0.2, 0.25) is 0 Å². The first-order chi connectivity index (χ1) is 8.59. The second-order valence-electron chi connectivity index (χ2n) is 5.07. The third-order valence-electron chi connectivity index (χ3n) is 3.63. The van der Waals surface area contributed by atoms with E-state index in [0.29, 0.717) is 11.7 Å². The van der Waals surface area contributed by atoms with Gasteiger partial charge in [-0.1, -0.05) is 6.07 Å². The molecule has 0 radical (unpaired) electrons. The molecule has 1 heterocycles. The van der Waals surface area contributed by atoms with Gasteiger partial charge in [0.15, 0.2) is 0 Å². The minimum absolute atomic E-state index is 0.156. The highest BCUT2D eigenvalue weighted by Crippen LogP contribution is 2.26. The summed E-state index contributed by atoms with van der Waals surface area (Å²) >= 11 is 0. The number of nitrogens with zero attached hydrogens (tertiary/aromatic N) is 2. The van der Waals surface area contributed by atoms with Gasteiger partial charge < -0.3 is 10.2 Å². The average Bonchev–Trinajstić information content (AvgIpc) is 2.39. The normalized spacial score (nSPS) is 18.7. The van der Waals surface area contributed by atoms with E-state index in [1.807, 2.05) is 31.1 Å². The van der Waals surface area contributed by atoms with Crippen molar-refractivity contribution >= 4 is 5.69 Å². The van der Waals surface area contributed by atoms with Crippen LogP contribution in [0.2, 0.25) is 0 Å². The van der Waals surface area contributed by atoms with E-state index >= 15 is 0 Å². The Bertz CT molecular complexity index is 400. The van der Waals surface area contributed by atoms with Gasteiger partial charge in [-0.15, -0.1) is 0 Å². The molecule has 18 heavy (non-hydrogen) atoms. The van der Waals surface area contributed by atoms with Crippen molar-refractivity contribution in [1.82, 2.24) is 10.2 Å². The Balaban J connectivity index is 2.19. The fourth-order valence-electron chi connectivity index (χ4n) is 2.41. The van der Waals surface area contributed by atoms with Crippen molar-refractivity contribution in [2.24, 2.45) is 0 Å². The number of nitrogens with one attached hydrogen (secondary N) is 1. The van der Waals surface area contributed by atoms with Crippen LogP contribution in [0, 0.1) is 5.82 Å². The van der Waals surface area contributed by atoms with Gasteiger partial charge in [-0.3, -0.25) is 4.90 Å². The standard InChI is InChI=1S/C14H22FN3/c1-11(18-8-6-16-7-9-18)12-4-5-13(15)14(10-12)17(2)3/h4-5,10-11,16H,6-9H2,1-3H3. The summed E-state index contributed by atoms with van der Waals surface area (Å²) in [6, 6.07) is 5.77. The monoisotopic (exact) mass is 251 g/mol. The largest absolute Gasteiger partial charge is 0.375 e. The molecule has 0 spiro atoms. The molecule has 1 aromatic rings. The summed E-state index contributed by atoms with van der Waals surface area (Å²) < 4.78 is 13.7. The molecule has 2 rings (SSSR count). The van der Waals surface area contributed by atoms with E-state index in [0.717, 1.165) is 26.2 Å². The Morgan fingerprint density at radius 2 is 1.94 bits per heavy atom. The Morgan fingerprint density at radius 3 is 2.56 bits per heavy atom. The highest BCUT2D eigenvalue weighted by Gasteiger charge is 2.19. The third-order valence-corrected chi connectivity index (χ3v) is 3.63. The number of piperazine rings is 1. The van der Waals surface area contributed by atoms with Crippen LogP contribution >= 0.6 is 0 Å². The summed E-state index contributed by atoms with van der Waals surface area (Å²) in [6.07, 6.45) is 0. The van der Waals surface area contributed by atoms with Crippen molar-refractivity contribution in [2.75, 3.05) is 45.2 Å². The molecule has 0 saturated carbocycles. The Kier molecular flexibility index (Phi) is 4.19. The minimum Gasteiger partial charge on any atom is -0.375 e. The van der Waals surface area contributed by atoms with E-state index in [1.54, 1.807) is 6.07 Å². The van der Waals surface area contributed by atoms with Crippen LogP contribution in [0.25, 0.3) is 0 Å². The van der Waals surface area contributed by atoms with Crippen molar-refractivity contribution in [3.63, 3.8) is 0 Å². The zero-order valence-corrected chi connectivity index (χ0v) is 11.4. The molecule has 0 amide bonds. The number of hydrogen-bond acceptors (Lipinski definition) is 3. The predicted octanol–water partition coefficient (Wildman–Crippen LogP) is 1.86. The molecule has 1 aromatic carbocycles. The first-order valence-corrected chi connectivity index (χ1v) is 6.51. The topological polar surface area (TPSA) is 18.5 Å². The molecule has 100 valence electrons. The molecule has 1 unspecified atom stereocenters. The number of rotatable bonds is 3. The molecular formula is C14H22FN3. The number of benzene rings is 1. The van der Waals surface area contributed by atoms with Gasteiger partial charge >= 0.3 is 0 Å². The zero-order valence-electron chi connectivity index (χ0n) is 11.4. The fraction of sp³-hybridized carbons (Fsp3) is 0.571. The minimum atomic E-state index is -0.156. The van der Waals surface area contributed by atoms with Gasteiger partial charge in [0.05, 0.1) is 5.69 Å². The van der Waals surface area contributed by atoms with E-state index in [1.165, 1.54) is 5.56 Å². The second-order valence-corrected chi connectivity index (χ2v) is 5.07. The maximum atomic E-state index is 13.7. The molecule has 1 atom stereocenters. The predicted molar refractivity (Wildman–Crippen MR) is 73.6 cm³/mol. The van der Waals surface area contributed by atoms with Gasteiger partial charge in [0.25, 0.3) is 0 Å². The molecular weight excluding hydrogens is 229 g/mol. The van der Waals surface area contributed by atoms with Crippen LogP contribution in [0.1, 0.15) is 18.5 Å². The van der Waals surface area contributed by atoms with E-state index in [4.69, 9.17) is 0 Å². The van der Waals surface area contributed by atoms with Gasteiger partial charge in [0.1, 0.15) is 5.82 Å². The molecule has 1 saturated heterocycles. The maximum absolute atomic E-state index is 13.7. The van der Waals surface area contributed by atoms with Crippen LogP contribution in [0.5, 0.6) is 0 Å². The van der Waals surface area contributed by atoms with E-state index in [-0.39, 0.29) is 5.82 Å². The highest BCUT2D eigenvalue weighted by molar-refractivity contribution is 5.49. The van der Waals surface area contributed by atoms with Crippen LogP contribution in [0.3, 0.4) is 0 Å². The van der Waals surface area contributed by atoms with Crippen LogP contribution in [-0.2, 0) is 0 Å². The zero-order chi connectivity index (χ0) is 13.1. The maximum Gasteiger partial charge on any atom is 0.146 e. The number of hydrogen-bond donors (Lipinski definition) is 1. The summed E-state index contributed by atoms with van der Waals surface area (Å²) in [6.45, 7) is 6.36. The van der Waals surface area contributed by atoms with Gasteiger partial charge in [0, 0.05) is 46.3 Å². The Hall–Kier alpha value is -1.13. The number of halogens is 1. The third kappa shape index (κ3) is 2.82. The van der Waals surface area contributed by atoms with Gasteiger partial charge in [-0.05, 0) is 24.6 Å². The van der Waals surface area contributed by atoms with E-state index in [9.17, 15) is 4.39 Å². The lowest BCUT2D eigenvalue weighted by Crippen LogP contribution is -2.44. The van der Waals surface area contributed by atoms with E-state index in [2.05, 4.69) is 17.1 Å². The molecule has 0 aliphatic carbocycles. The molecule has 1 N–H and O–H groups in total. The van der Waals surface area contributed by atoms with Crippen LogP contribution in [0.4, 0.5) is 10.1 Å². The molecule has 0 aromatic heterocycles. The van der Waals surface area contributed by atoms with Crippen LogP contribution in [-0.4, -0.2) is 45.2 Å².